The normalized spacial score (nSPS) is 16.2. The summed E-state index contributed by atoms with van der Waals surface area (Å²) in [5.74, 6) is -0.0377. The Kier molecular flexibility index (Phi) is 6.88. The lowest BCUT2D eigenvalue weighted by molar-refractivity contribution is -0.135. The highest BCUT2D eigenvalue weighted by molar-refractivity contribution is 9.10. The quantitative estimate of drug-likeness (QED) is 0.609. The van der Waals surface area contributed by atoms with E-state index in [0.29, 0.717) is 37.4 Å². The summed E-state index contributed by atoms with van der Waals surface area (Å²) in [5.41, 5.74) is 2.62. The van der Waals surface area contributed by atoms with Gasteiger partial charge in [0.15, 0.2) is 0 Å². The highest BCUT2D eigenvalue weighted by atomic mass is 79.9. The van der Waals surface area contributed by atoms with Crippen molar-refractivity contribution >= 4 is 43.2 Å². The van der Waals surface area contributed by atoms with Crippen LogP contribution < -0.4 is 0 Å². The van der Waals surface area contributed by atoms with Gasteiger partial charge in [0, 0.05) is 40.8 Å². The Morgan fingerprint density at radius 2 is 1.76 bits per heavy atom. The van der Waals surface area contributed by atoms with Crippen molar-refractivity contribution in [3.8, 4) is 0 Å². The van der Waals surface area contributed by atoms with Gasteiger partial charge in [-0.3, -0.25) is 4.79 Å². The third-order valence-electron chi connectivity index (χ3n) is 5.40. The van der Waals surface area contributed by atoms with Crippen molar-refractivity contribution in [3.05, 3.63) is 49.6 Å². The van der Waals surface area contributed by atoms with Gasteiger partial charge < -0.3 is 4.90 Å². The van der Waals surface area contributed by atoms with Crippen molar-refractivity contribution in [1.82, 2.24) is 9.21 Å². The van der Waals surface area contributed by atoms with Gasteiger partial charge in [0.2, 0.25) is 15.9 Å². The number of piperidine rings is 1. The first-order chi connectivity index (χ1) is 13.6. The van der Waals surface area contributed by atoms with Crippen LogP contribution in [0.2, 0.25) is 0 Å². The zero-order chi connectivity index (χ0) is 21.3. The summed E-state index contributed by atoms with van der Waals surface area (Å²) >= 11 is 5.06. The average molecular weight is 499 g/mol. The lowest BCUT2D eigenvalue weighted by atomic mass is 9.96. The number of aryl methyl sites for hydroxylation is 3. The molecular formula is C21H27BrN2O3S2. The minimum Gasteiger partial charge on any atom is -0.340 e. The van der Waals surface area contributed by atoms with E-state index in [1.165, 1.54) is 4.31 Å². The monoisotopic (exact) mass is 498 g/mol. The van der Waals surface area contributed by atoms with Crippen molar-refractivity contribution in [2.45, 2.75) is 45.1 Å². The van der Waals surface area contributed by atoms with E-state index < -0.39 is 10.0 Å². The van der Waals surface area contributed by atoms with Gasteiger partial charge in [-0.2, -0.15) is 4.31 Å². The number of rotatable bonds is 5. The van der Waals surface area contributed by atoms with Crippen molar-refractivity contribution < 1.29 is 13.2 Å². The Morgan fingerprint density at radius 1 is 1.17 bits per heavy atom. The smallest absolute Gasteiger partial charge is 0.243 e. The minimum absolute atomic E-state index is 0.0919. The number of hydrogen-bond donors (Lipinski definition) is 0. The molecule has 1 aliphatic heterocycles. The second-order valence-electron chi connectivity index (χ2n) is 7.83. The van der Waals surface area contributed by atoms with Crippen LogP contribution >= 0.6 is 27.3 Å². The van der Waals surface area contributed by atoms with E-state index >= 15 is 0 Å². The van der Waals surface area contributed by atoms with Gasteiger partial charge in [-0.1, -0.05) is 17.7 Å². The number of benzene rings is 1. The molecule has 0 unspecified atom stereocenters. The zero-order valence-corrected chi connectivity index (χ0v) is 20.5. The number of sulfonamides is 1. The lowest BCUT2D eigenvalue weighted by Gasteiger charge is -2.33. The summed E-state index contributed by atoms with van der Waals surface area (Å²) in [6.07, 6.45) is 1.11. The summed E-state index contributed by atoms with van der Waals surface area (Å²) in [7, 11) is -1.73. The fraction of sp³-hybridized carbons (Fsp3) is 0.476. The molecule has 1 amide bonds. The molecule has 1 aromatic heterocycles. The van der Waals surface area contributed by atoms with Crippen LogP contribution in [-0.4, -0.2) is 43.7 Å². The van der Waals surface area contributed by atoms with Gasteiger partial charge in [-0.15, -0.1) is 11.3 Å². The largest absolute Gasteiger partial charge is 0.340 e. The van der Waals surface area contributed by atoms with Crippen molar-refractivity contribution in [3.63, 3.8) is 0 Å². The highest BCUT2D eigenvalue weighted by Gasteiger charge is 2.34. The minimum atomic E-state index is -3.55. The third-order valence-corrected chi connectivity index (χ3v) is 9.28. The molecule has 3 rings (SSSR count). The second-order valence-corrected chi connectivity index (χ2v) is 11.6. The summed E-state index contributed by atoms with van der Waals surface area (Å²) < 4.78 is 29.0. The van der Waals surface area contributed by atoms with Gasteiger partial charge in [-0.05, 0) is 66.7 Å². The molecule has 0 radical (unpaired) electrons. The van der Waals surface area contributed by atoms with E-state index in [-0.39, 0.29) is 11.8 Å². The van der Waals surface area contributed by atoms with E-state index in [0.717, 1.165) is 26.0 Å². The second kappa shape index (κ2) is 8.88. The number of hydrogen-bond acceptors (Lipinski definition) is 4. The topological polar surface area (TPSA) is 57.7 Å². The van der Waals surface area contributed by atoms with Crippen LogP contribution in [0.3, 0.4) is 0 Å². The Labute approximate surface area is 185 Å². The molecule has 0 N–H and O–H groups in total. The molecule has 0 saturated carbocycles. The summed E-state index contributed by atoms with van der Waals surface area (Å²) in [6, 6.07) is 5.85. The van der Waals surface area contributed by atoms with Crippen molar-refractivity contribution in [2.75, 3.05) is 20.1 Å². The van der Waals surface area contributed by atoms with Crippen molar-refractivity contribution in [2.24, 2.45) is 5.92 Å². The number of thiophene rings is 1. The van der Waals surface area contributed by atoms with E-state index in [1.807, 2.05) is 51.4 Å². The van der Waals surface area contributed by atoms with Gasteiger partial charge in [0.25, 0.3) is 0 Å². The molecule has 29 heavy (non-hydrogen) atoms. The van der Waals surface area contributed by atoms with Crippen LogP contribution in [0.15, 0.2) is 32.9 Å². The molecular weight excluding hydrogens is 472 g/mol. The maximum Gasteiger partial charge on any atom is 0.243 e. The molecule has 0 spiro atoms. The Hall–Kier alpha value is -1.22. The first-order valence-electron chi connectivity index (χ1n) is 9.65. The SMILES string of the molecule is Cc1cc(C)c(S(=O)(=O)N2CCC(C(=O)N(C)Cc3cc(Br)cs3)CC2)c(C)c1. The first-order valence-corrected chi connectivity index (χ1v) is 12.8. The molecule has 5 nitrogen and oxygen atoms in total. The first kappa shape index (κ1) is 22.5. The predicted octanol–water partition coefficient (Wildman–Crippen LogP) is 4.50. The van der Waals surface area contributed by atoms with Gasteiger partial charge >= 0.3 is 0 Å². The predicted molar refractivity (Wildman–Crippen MR) is 121 cm³/mol. The van der Waals surface area contributed by atoms with E-state index in [9.17, 15) is 13.2 Å². The molecule has 1 aromatic carbocycles. The van der Waals surface area contributed by atoms with Crippen LogP contribution in [0.4, 0.5) is 0 Å². The summed E-state index contributed by atoms with van der Waals surface area (Å²) in [5, 5.41) is 2.01. The molecule has 0 aliphatic carbocycles. The Morgan fingerprint density at radius 3 is 2.28 bits per heavy atom. The number of amides is 1. The molecule has 2 heterocycles. The van der Waals surface area contributed by atoms with Gasteiger partial charge in [0.1, 0.15) is 0 Å². The van der Waals surface area contributed by atoms with Gasteiger partial charge in [-0.25, -0.2) is 8.42 Å². The molecule has 1 saturated heterocycles. The van der Waals surface area contributed by atoms with E-state index in [1.54, 1.807) is 16.2 Å². The Balaban J connectivity index is 1.66. The molecule has 0 bridgehead atoms. The van der Waals surface area contributed by atoms with Crippen LogP contribution in [0.5, 0.6) is 0 Å². The lowest BCUT2D eigenvalue weighted by Crippen LogP contribution is -2.43. The van der Waals surface area contributed by atoms with Crippen LogP contribution in [0.25, 0.3) is 0 Å². The average Bonchev–Trinajstić information content (AvgIpc) is 3.04. The number of nitrogens with zero attached hydrogens (tertiary/aromatic N) is 2. The summed E-state index contributed by atoms with van der Waals surface area (Å²) in [6.45, 7) is 7.00. The molecule has 1 aliphatic rings. The summed E-state index contributed by atoms with van der Waals surface area (Å²) in [4.78, 5) is 16.1. The van der Waals surface area contributed by atoms with Crippen LogP contribution in [-0.2, 0) is 21.4 Å². The van der Waals surface area contributed by atoms with Crippen LogP contribution in [0, 0.1) is 26.7 Å². The number of carbonyl (C=O) groups is 1. The molecule has 1 fully saturated rings. The maximum absolute atomic E-state index is 13.2. The fourth-order valence-corrected chi connectivity index (χ4v) is 7.49. The Bertz CT molecular complexity index is 986. The molecule has 8 heteroatoms. The third kappa shape index (κ3) is 4.93. The van der Waals surface area contributed by atoms with Crippen LogP contribution in [0.1, 0.15) is 34.4 Å². The molecule has 0 atom stereocenters. The standard InChI is InChI=1S/C21H27BrN2O3S2/c1-14-9-15(2)20(16(3)10-14)29(26,27)24-7-5-17(6-8-24)21(25)23(4)12-19-11-18(22)13-28-19/h9-11,13,17H,5-8,12H2,1-4H3. The molecule has 2 aromatic rings. The van der Waals surface area contributed by atoms with Gasteiger partial charge in [0.05, 0.1) is 11.4 Å². The van der Waals surface area contributed by atoms with E-state index in [4.69, 9.17) is 0 Å². The van der Waals surface area contributed by atoms with E-state index in [2.05, 4.69) is 15.9 Å². The molecule has 158 valence electrons. The maximum atomic E-state index is 13.2. The van der Waals surface area contributed by atoms with Crippen molar-refractivity contribution in [1.29, 1.82) is 0 Å². The fourth-order valence-electron chi connectivity index (χ4n) is 4.11. The zero-order valence-electron chi connectivity index (χ0n) is 17.2. The highest BCUT2D eigenvalue weighted by Crippen LogP contribution is 2.30. The number of carbonyl (C=O) groups excluding carboxylic acids is 1. The number of halogens is 1.